The minimum absolute atomic E-state index is 0.183. The number of carbonyl (C=O) groups excluding carboxylic acids is 1. The average Bonchev–Trinajstić information content (AvgIpc) is 2.26. The zero-order valence-corrected chi connectivity index (χ0v) is 9.55. The summed E-state index contributed by atoms with van der Waals surface area (Å²) in [7, 11) is 0. The van der Waals surface area contributed by atoms with Crippen LogP contribution in [0.3, 0.4) is 0 Å². The minimum Gasteiger partial charge on any atom is -0.337 e. The third kappa shape index (κ3) is 2.47. The smallest absolute Gasteiger partial charge is 0.225 e. The van der Waals surface area contributed by atoms with Crippen LogP contribution in [0.2, 0.25) is 0 Å². The number of nitrogens with one attached hydrogen (secondary N) is 1. The van der Waals surface area contributed by atoms with Crippen molar-refractivity contribution in [2.75, 3.05) is 19.6 Å². The van der Waals surface area contributed by atoms with E-state index >= 15 is 0 Å². The van der Waals surface area contributed by atoms with E-state index < -0.39 is 0 Å². The van der Waals surface area contributed by atoms with Crippen LogP contribution >= 0.6 is 0 Å². The fraction of sp³-hybridized carbons (Fsp3) is 0.909. The first kappa shape index (κ1) is 11.5. The third-order valence-electron chi connectivity index (χ3n) is 3.14. The normalized spacial score (nSPS) is 24.8. The van der Waals surface area contributed by atoms with Gasteiger partial charge in [-0.05, 0) is 12.8 Å². The standard InChI is InChI=1S/C11H22N2O/c1-4-9(3)11(14)13-7-6-12-8-10(13)5-2/h9-10,12H,4-8H2,1-3H3/t9?,10-/m1/s1. The van der Waals surface area contributed by atoms with Crippen molar-refractivity contribution in [1.82, 2.24) is 10.2 Å². The van der Waals surface area contributed by atoms with Crippen LogP contribution in [0.5, 0.6) is 0 Å². The molecule has 0 aromatic carbocycles. The Labute approximate surface area is 86.9 Å². The predicted molar refractivity (Wildman–Crippen MR) is 58.1 cm³/mol. The molecule has 0 aromatic heterocycles. The van der Waals surface area contributed by atoms with Gasteiger partial charge in [0, 0.05) is 31.6 Å². The molecule has 14 heavy (non-hydrogen) atoms. The monoisotopic (exact) mass is 198 g/mol. The summed E-state index contributed by atoms with van der Waals surface area (Å²) in [5, 5.41) is 3.33. The number of rotatable bonds is 3. The molecular weight excluding hydrogens is 176 g/mol. The van der Waals surface area contributed by atoms with Crippen LogP contribution < -0.4 is 5.32 Å². The highest BCUT2D eigenvalue weighted by atomic mass is 16.2. The highest BCUT2D eigenvalue weighted by molar-refractivity contribution is 5.78. The van der Waals surface area contributed by atoms with E-state index in [0.717, 1.165) is 32.5 Å². The van der Waals surface area contributed by atoms with Crippen LogP contribution in [0.1, 0.15) is 33.6 Å². The summed E-state index contributed by atoms with van der Waals surface area (Å²) >= 11 is 0. The Morgan fingerprint density at radius 3 is 2.86 bits per heavy atom. The number of amides is 1. The lowest BCUT2D eigenvalue weighted by molar-refractivity contribution is -0.138. The number of piperazine rings is 1. The van der Waals surface area contributed by atoms with Gasteiger partial charge in [0.2, 0.25) is 5.91 Å². The summed E-state index contributed by atoms with van der Waals surface area (Å²) in [6, 6.07) is 0.408. The van der Waals surface area contributed by atoms with Crippen molar-refractivity contribution in [2.24, 2.45) is 5.92 Å². The van der Waals surface area contributed by atoms with Crippen molar-refractivity contribution in [3.63, 3.8) is 0 Å². The Bertz CT molecular complexity index is 194. The Hall–Kier alpha value is -0.570. The maximum atomic E-state index is 12.0. The van der Waals surface area contributed by atoms with Crippen molar-refractivity contribution < 1.29 is 4.79 Å². The van der Waals surface area contributed by atoms with Crippen molar-refractivity contribution in [2.45, 2.75) is 39.7 Å². The molecule has 0 aromatic rings. The molecule has 0 aliphatic carbocycles. The second kappa shape index (κ2) is 5.35. The molecule has 1 unspecified atom stereocenters. The van der Waals surface area contributed by atoms with Crippen LogP contribution in [0.4, 0.5) is 0 Å². The zero-order valence-electron chi connectivity index (χ0n) is 9.55. The molecule has 3 heteroatoms. The molecule has 0 bridgehead atoms. The Kier molecular flexibility index (Phi) is 4.39. The molecule has 2 atom stereocenters. The molecule has 1 heterocycles. The fourth-order valence-corrected chi connectivity index (χ4v) is 1.87. The summed E-state index contributed by atoms with van der Waals surface area (Å²) in [5.41, 5.74) is 0. The van der Waals surface area contributed by atoms with E-state index in [1.165, 1.54) is 0 Å². The number of hydrogen-bond acceptors (Lipinski definition) is 2. The molecule has 1 aliphatic heterocycles. The predicted octanol–water partition coefficient (Wildman–Crippen LogP) is 1.24. The summed E-state index contributed by atoms with van der Waals surface area (Å²) in [4.78, 5) is 14.1. The summed E-state index contributed by atoms with van der Waals surface area (Å²) in [5.74, 6) is 0.517. The van der Waals surface area contributed by atoms with E-state index in [1.807, 2.05) is 6.92 Å². The number of hydrogen-bond donors (Lipinski definition) is 1. The van der Waals surface area contributed by atoms with Crippen molar-refractivity contribution in [1.29, 1.82) is 0 Å². The van der Waals surface area contributed by atoms with Crippen LogP contribution in [-0.2, 0) is 4.79 Å². The molecule has 0 spiro atoms. The zero-order chi connectivity index (χ0) is 10.6. The van der Waals surface area contributed by atoms with Crippen molar-refractivity contribution in [3.05, 3.63) is 0 Å². The summed E-state index contributed by atoms with van der Waals surface area (Å²) < 4.78 is 0. The van der Waals surface area contributed by atoms with Gasteiger partial charge in [-0.3, -0.25) is 4.79 Å². The van der Waals surface area contributed by atoms with Gasteiger partial charge in [-0.15, -0.1) is 0 Å². The van der Waals surface area contributed by atoms with Gasteiger partial charge in [-0.2, -0.15) is 0 Å². The van der Waals surface area contributed by atoms with Gasteiger partial charge in [0.25, 0.3) is 0 Å². The number of carbonyl (C=O) groups is 1. The van der Waals surface area contributed by atoms with Gasteiger partial charge >= 0.3 is 0 Å². The first-order valence-electron chi connectivity index (χ1n) is 5.71. The van der Waals surface area contributed by atoms with E-state index in [9.17, 15) is 4.79 Å². The van der Waals surface area contributed by atoms with Crippen LogP contribution in [0, 0.1) is 5.92 Å². The lowest BCUT2D eigenvalue weighted by Crippen LogP contribution is -2.54. The lowest BCUT2D eigenvalue weighted by Gasteiger charge is -2.37. The molecule has 82 valence electrons. The first-order valence-corrected chi connectivity index (χ1v) is 5.71. The molecule has 1 fully saturated rings. The third-order valence-corrected chi connectivity index (χ3v) is 3.14. The molecular formula is C11H22N2O. The van der Waals surface area contributed by atoms with Gasteiger partial charge in [0.15, 0.2) is 0 Å². The SMILES string of the molecule is CCC(C)C(=O)N1CCNC[C@H]1CC. The molecule has 1 amide bonds. The van der Waals surface area contributed by atoms with E-state index in [4.69, 9.17) is 0 Å². The van der Waals surface area contributed by atoms with E-state index in [1.54, 1.807) is 0 Å². The molecule has 0 saturated carbocycles. The topological polar surface area (TPSA) is 32.3 Å². The van der Waals surface area contributed by atoms with Crippen LogP contribution in [0.15, 0.2) is 0 Å². The van der Waals surface area contributed by atoms with Crippen molar-refractivity contribution >= 4 is 5.91 Å². The van der Waals surface area contributed by atoms with Crippen molar-refractivity contribution in [3.8, 4) is 0 Å². The van der Waals surface area contributed by atoms with Gasteiger partial charge in [0.1, 0.15) is 0 Å². The highest BCUT2D eigenvalue weighted by Gasteiger charge is 2.27. The summed E-state index contributed by atoms with van der Waals surface area (Å²) in [6.07, 6.45) is 1.99. The maximum Gasteiger partial charge on any atom is 0.225 e. The van der Waals surface area contributed by atoms with Crippen LogP contribution in [0.25, 0.3) is 0 Å². The molecule has 1 N–H and O–H groups in total. The Morgan fingerprint density at radius 1 is 1.57 bits per heavy atom. The van der Waals surface area contributed by atoms with E-state index in [0.29, 0.717) is 11.9 Å². The second-order valence-corrected chi connectivity index (χ2v) is 4.11. The minimum atomic E-state index is 0.183. The van der Waals surface area contributed by atoms with Gasteiger partial charge in [-0.25, -0.2) is 0 Å². The fourth-order valence-electron chi connectivity index (χ4n) is 1.87. The maximum absolute atomic E-state index is 12.0. The van der Waals surface area contributed by atoms with E-state index in [2.05, 4.69) is 24.1 Å². The lowest BCUT2D eigenvalue weighted by atomic mass is 10.0. The second-order valence-electron chi connectivity index (χ2n) is 4.11. The molecule has 3 nitrogen and oxygen atoms in total. The molecule has 1 rings (SSSR count). The Morgan fingerprint density at radius 2 is 2.29 bits per heavy atom. The average molecular weight is 198 g/mol. The van der Waals surface area contributed by atoms with E-state index in [-0.39, 0.29) is 5.92 Å². The van der Waals surface area contributed by atoms with Gasteiger partial charge in [0.05, 0.1) is 0 Å². The van der Waals surface area contributed by atoms with Gasteiger partial charge < -0.3 is 10.2 Å². The molecule has 0 radical (unpaired) electrons. The largest absolute Gasteiger partial charge is 0.337 e. The van der Waals surface area contributed by atoms with Crippen LogP contribution in [-0.4, -0.2) is 36.5 Å². The highest BCUT2D eigenvalue weighted by Crippen LogP contribution is 2.13. The quantitative estimate of drug-likeness (QED) is 0.740. The number of nitrogens with zero attached hydrogens (tertiary/aromatic N) is 1. The molecule has 1 aliphatic rings. The summed E-state index contributed by atoms with van der Waals surface area (Å²) in [6.45, 7) is 9.02. The molecule has 1 saturated heterocycles. The Balaban J connectivity index is 2.58. The first-order chi connectivity index (χ1) is 6.70. The van der Waals surface area contributed by atoms with Gasteiger partial charge in [-0.1, -0.05) is 20.8 Å².